The lowest BCUT2D eigenvalue weighted by Gasteiger charge is -2.25. The van der Waals surface area contributed by atoms with E-state index in [1.807, 2.05) is 24.3 Å². The number of methoxy groups -OCH3 is 1. The third kappa shape index (κ3) is 3.12. The van der Waals surface area contributed by atoms with Crippen molar-refractivity contribution in [1.29, 1.82) is 0 Å². The molecule has 2 N–H and O–H groups in total. The Morgan fingerprint density at radius 1 is 1.15 bits per heavy atom. The van der Waals surface area contributed by atoms with Crippen LogP contribution >= 0.6 is 0 Å². The van der Waals surface area contributed by atoms with E-state index in [-0.39, 0.29) is 18.0 Å². The zero-order valence-electron chi connectivity index (χ0n) is 14.7. The smallest absolute Gasteiger partial charge is 0.319 e. The molecule has 2 aliphatic heterocycles. The number of hydrogen-bond acceptors (Lipinski definition) is 3. The van der Waals surface area contributed by atoms with E-state index in [0.717, 1.165) is 11.3 Å². The average Bonchev–Trinajstić information content (AvgIpc) is 2.97. The Labute approximate surface area is 155 Å². The first-order chi connectivity index (χ1) is 13.1. The van der Waals surface area contributed by atoms with Gasteiger partial charge in [-0.05, 0) is 23.8 Å². The van der Waals surface area contributed by atoms with Gasteiger partial charge in [-0.2, -0.15) is 0 Å². The molecule has 0 aliphatic carbocycles. The number of halogens is 1. The summed E-state index contributed by atoms with van der Waals surface area (Å²) in [7, 11) is 1.59. The lowest BCUT2D eigenvalue weighted by Crippen LogP contribution is -2.44. The van der Waals surface area contributed by atoms with Gasteiger partial charge in [0.25, 0.3) is 5.91 Å². The molecular formula is C20H18FN3O3. The monoisotopic (exact) mass is 367 g/mol. The van der Waals surface area contributed by atoms with Crippen LogP contribution < -0.4 is 15.4 Å². The predicted octanol–water partition coefficient (Wildman–Crippen LogP) is 2.48. The number of carbonyl (C=O) groups excluding carboxylic acids is 2. The highest BCUT2D eigenvalue weighted by Gasteiger charge is 2.41. The number of benzene rings is 2. The van der Waals surface area contributed by atoms with Crippen molar-refractivity contribution in [3.63, 3.8) is 0 Å². The maximum Gasteiger partial charge on any atom is 0.319 e. The van der Waals surface area contributed by atoms with Gasteiger partial charge in [0, 0.05) is 12.1 Å². The van der Waals surface area contributed by atoms with E-state index in [2.05, 4.69) is 10.6 Å². The van der Waals surface area contributed by atoms with Crippen LogP contribution in [0.1, 0.15) is 17.2 Å². The van der Waals surface area contributed by atoms with Crippen molar-refractivity contribution in [3.8, 4) is 5.75 Å². The zero-order chi connectivity index (χ0) is 19.0. The van der Waals surface area contributed by atoms with Gasteiger partial charge in [-0.1, -0.05) is 30.3 Å². The van der Waals surface area contributed by atoms with E-state index in [4.69, 9.17) is 4.74 Å². The maximum absolute atomic E-state index is 14.3. The number of amides is 3. The average molecular weight is 367 g/mol. The number of hydrogen-bond donors (Lipinski definition) is 2. The molecule has 138 valence electrons. The number of rotatable bonds is 4. The SMILES string of the molecule is COc1ccc(CN2CC3=C(C2=O)[C@H](c2ccccc2F)NC(=O)N3)cc1. The molecule has 2 heterocycles. The largest absolute Gasteiger partial charge is 0.497 e. The Morgan fingerprint density at radius 2 is 1.89 bits per heavy atom. The van der Waals surface area contributed by atoms with E-state index in [1.165, 1.54) is 6.07 Å². The number of urea groups is 1. The molecule has 2 aromatic carbocycles. The molecule has 0 spiro atoms. The summed E-state index contributed by atoms with van der Waals surface area (Å²) in [5.41, 5.74) is 2.11. The Bertz CT molecular complexity index is 940. The van der Waals surface area contributed by atoms with Crippen LogP contribution in [0.3, 0.4) is 0 Å². The lowest BCUT2D eigenvalue weighted by atomic mass is 9.96. The second-order valence-electron chi connectivity index (χ2n) is 6.45. The second kappa shape index (κ2) is 6.75. The van der Waals surface area contributed by atoms with Crippen molar-refractivity contribution in [2.75, 3.05) is 13.7 Å². The van der Waals surface area contributed by atoms with E-state index in [1.54, 1.807) is 30.2 Å². The van der Waals surface area contributed by atoms with Gasteiger partial charge >= 0.3 is 6.03 Å². The Kier molecular flexibility index (Phi) is 4.27. The van der Waals surface area contributed by atoms with Gasteiger partial charge in [-0.15, -0.1) is 0 Å². The van der Waals surface area contributed by atoms with Crippen LogP contribution in [0.4, 0.5) is 9.18 Å². The summed E-state index contributed by atoms with van der Waals surface area (Å²) in [4.78, 5) is 26.7. The Morgan fingerprint density at radius 3 is 2.59 bits per heavy atom. The fourth-order valence-corrected chi connectivity index (χ4v) is 3.45. The Balaban J connectivity index is 1.61. The normalized spacial score (nSPS) is 18.9. The molecular weight excluding hydrogens is 349 g/mol. The maximum atomic E-state index is 14.3. The van der Waals surface area contributed by atoms with E-state index in [9.17, 15) is 14.0 Å². The predicted molar refractivity (Wildman–Crippen MR) is 96.2 cm³/mol. The number of ether oxygens (including phenoxy) is 1. The quantitative estimate of drug-likeness (QED) is 0.872. The minimum absolute atomic E-state index is 0.221. The molecule has 0 radical (unpaired) electrons. The highest BCUT2D eigenvalue weighted by atomic mass is 19.1. The molecule has 0 bridgehead atoms. The van der Waals surface area contributed by atoms with E-state index >= 15 is 0 Å². The molecule has 2 aromatic rings. The van der Waals surface area contributed by atoms with Crippen LogP contribution in [0.15, 0.2) is 59.8 Å². The van der Waals surface area contributed by atoms with Gasteiger partial charge in [0.1, 0.15) is 11.6 Å². The molecule has 2 aliphatic rings. The number of nitrogens with one attached hydrogen (secondary N) is 2. The summed E-state index contributed by atoms with van der Waals surface area (Å²) < 4.78 is 19.4. The molecule has 0 aromatic heterocycles. The van der Waals surface area contributed by atoms with Crippen molar-refractivity contribution in [2.45, 2.75) is 12.6 Å². The van der Waals surface area contributed by atoms with Crippen molar-refractivity contribution >= 4 is 11.9 Å². The molecule has 6 nitrogen and oxygen atoms in total. The van der Waals surface area contributed by atoms with Crippen molar-refractivity contribution < 1.29 is 18.7 Å². The third-order valence-electron chi connectivity index (χ3n) is 4.77. The molecule has 0 saturated carbocycles. The highest BCUT2D eigenvalue weighted by molar-refractivity contribution is 6.01. The minimum Gasteiger partial charge on any atom is -0.497 e. The summed E-state index contributed by atoms with van der Waals surface area (Å²) in [6.07, 6.45) is 0. The lowest BCUT2D eigenvalue weighted by molar-refractivity contribution is -0.126. The second-order valence-corrected chi connectivity index (χ2v) is 6.45. The van der Waals surface area contributed by atoms with Gasteiger partial charge in [0.15, 0.2) is 0 Å². The highest BCUT2D eigenvalue weighted by Crippen LogP contribution is 2.34. The topological polar surface area (TPSA) is 70.7 Å². The summed E-state index contributed by atoms with van der Waals surface area (Å²) in [6, 6.07) is 12.3. The molecule has 0 saturated heterocycles. The molecule has 4 rings (SSSR count). The molecule has 7 heteroatoms. The summed E-state index contributed by atoms with van der Waals surface area (Å²) >= 11 is 0. The van der Waals surface area contributed by atoms with E-state index in [0.29, 0.717) is 17.8 Å². The van der Waals surface area contributed by atoms with Crippen molar-refractivity contribution in [1.82, 2.24) is 15.5 Å². The van der Waals surface area contributed by atoms with Crippen LogP contribution in [0, 0.1) is 5.82 Å². The van der Waals surface area contributed by atoms with Gasteiger partial charge in [0.05, 0.1) is 31.0 Å². The summed E-state index contributed by atoms with van der Waals surface area (Å²) in [5, 5.41) is 5.35. The van der Waals surface area contributed by atoms with Gasteiger partial charge in [-0.3, -0.25) is 4.79 Å². The molecule has 27 heavy (non-hydrogen) atoms. The van der Waals surface area contributed by atoms with Crippen LogP contribution in [0.5, 0.6) is 5.75 Å². The fourth-order valence-electron chi connectivity index (χ4n) is 3.45. The Hall–Kier alpha value is -3.35. The zero-order valence-corrected chi connectivity index (χ0v) is 14.7. The molecule has 0 fully saturated rings. The van der Waals surface area contributed by atoms with Crippen molar-refractivity contribution in [3.05, 3.63) is 76.7 Å². The fraction of sp³-hybridized carbons (Fsp3) is 0.200. The minimum atomic E-state index is -0.802. The van der Waals surface area contributed by atoms with Crippen LogP contribution in [-0.2, 0) is 11.3 Å². The van der Waals surface area contributed by atoms with Crippen LogP contribution in [-0.4, -0.2) is 30.5 Å². The standard InChI is InChI=1S/C20H18FN3O3/c1-27-13-8-6-12(7-9-13)10-24-11-16-17(19(24)25)18(23-20(26)22-16)14-4-2-3-5-15(14)21/h2-9,18H,10-11H2,1H3,(H2,22,23,26)/t18-/m0/s1. The van der Waals surface area contributed by atoms with E-state index < -0.39 is 17.9 Å². The number of carbonyl (C=O) groups is 2. The first-order valence-electron chi connectivity index (χ1n) is 8.54. The van der Waals surface area contributed by atoms with Crippen LogP contribution in [0.2, 0.25) is 0 Å². The van der Waals surface area contributed by atoms with Crippen LogP contribution in [0.25, 0.3) is 0 Å². The van der Waals surface area contributed by atoms with Crippen molar-refractivity contribution in [2.24, 2.45) is 0 Å². The number of nitrogens with zero attached hydrogens (tertiary/aromatic N) is 1. The molecule has 1 atom stereocenters. The first kappa shape index (κ1) is 17.1. The van der Waals surface area contributed by atoms with Gasteiger partial charge < -0.3 is 20.3 Å². The van der Waals surface area contributed by atoms with Gasteiger partial charge in [-0.25, -0.2) is 9.18 Å². The molecule has 3 amide bonds. The first-order valence-corrected chi connectivity index (χ1v) is 8.54. The third-order valence-corrected chi connectivity index (χ3v) is 4.77. The summed E-state index contributed by atoms with van der Waals surface area (Å²) in [5.74, 6) is 0.0551. The summed E-state index contributed by atoms with van der Waals surface area (Å²) in [6.45, 7) is 0.661. The van der Waals surface area contributed by atoms with Gasteiger partial charge in [0.2, 0.25) is 0 Å². The molecule has 0 unspecified atom stereocenters.